The van der Waals surface area contributed by atoms with E-state index < -0.39 is 23.9 Å². The maximum Gasteiger partial charge on any atom is 0.329 e. The molecule has 0 spiro atoms. The molecule has 1 fully saturated rings. The van der Waals surface area contributed by atoms with Crippen molar-refractivity contribution < 1.29 is 19.5 Å². The Morgan fingerprint density at radius 2 is 1.90 bits per heavy atom. The van der Waals surface area contributed by atoms with Gasteiger partial charge in [0.1, 0.15) is 6.04 Å². The normalized spacial score (nSPS) is 18.2. The second kappa shape index (κ2) is 5.95. The minimum Gasteiger partial charge on any atom is -0.481 e. The van der Waals surface area contributed by atoms with E-state index in [0.29, 0.717) is 11.6 Å². The van der Waals surface area contributed by atoms with E-state index in [0.717, 1.165) is 10.5 Å². The number of imide groups is 1. The summed E-state index contributed by atoms with van der Waals surface area (Å²) in [4.78, 5) is 35.7. The molecule has 1 heterocycles. The molecule has 3 amide bonds. The lowest BCUT2D eigenvalue weighted by Gasteiger charge is -2.14. The third kappa shape index (κ3) is 3.21. The first-order chi connectivity index (χ1) is 9.90. The topological polar surface area (TPSA) is 86.7 Å². The fourth-order valence-electron chi connectivity index (χ4n) is 2.25. The van der Waals surface area contributed by atoms with Crippen LogP contribution in [0.2, 0.25) is 0 Å². The van der Waals surface area contributed by atoms with E-state index in [4.69, 9.17) is 5.11 Å². The Hall–Kier alpha value is -2.37. The zero-order chi connectivity index (χ0) is 15.6. The number of anilines is 1. The largest absolute Gasteiger partial charge is 0.481 e. The van der Waals surface area contributed by atoms with Gasteiger partial charge in [0.15, 0.2) is 0 Å². The number of carbonyl (C=O) groups is 3. The summed E-state index contributed by atoms with van der Waals surface area (Å²) >= 11 is 0. The van der Waals surface area contributed by atoms with Gasteiger partial charge in [0.25, 0.3) is 5.91 Å². The fourth-order valence-corrected chi connectivity index (χ4v) is 2.25. The molecule has 0 saturated carbocycles. The summed E-state index contributed by atoms with van der Waals surface area (Å²) in [5.41, 5.74) is 1.62. The van der Waals surface area contributed by atoms with Crippen LogP contribution >= 0.6 is 0 Å². The molecule has 1 aromatic carbocycles. The van der Waals surface area contributed by atoms with Gasteiger partial charge in [-0.25, -0.2) is 9.69 Å². The number of amides is 3. The molecule has 1 aliphatic rings. The van der Waals surface area contributed by atoms with Gasteiger partial charge in [-0.2, -0.15) is 0 Å². The molecule has 21 heavy (non-hydrogen) atoms. The highest BCUT2D eigenvalue weighted by Gasteiger charge is 2.38. The Kier molecular flexibility index (Phi) is 4.26. The van der Waals surface area contributed by atoms with Crippen LogP contribution in [-0.4, -0.2) is 29.1 Å². The Morgan fingerprint density at radius 3 is 2.43 bits per heavy atom. The number of hydrogen-bond donors (Lipinski definition) is 2. The number of nitrogens with one attached hydrogen (secondary N) is 1. The van der Waals surface area contributed by atoms with Crippen molar-refractivity contribution in [3.63, 3.8) is 0 Å². The minimum atomic E-state index is -0.989. The summed E-state index contributed by atoms with van der Waals surface area (Å²) < 4.78 is 0. The summed E-state index contributed by atoms with van der Waals surface area (Å²) in [6.45, 7) is 4.12. The lowest BCUT2D eigenvalue weighted by atomic mass is 10.0. The maximum absolute atomic E-state index is 12.2. The second-order valence-corrected chi connectivity index (χ2v) is 5.35. The third-order valence-corrected chi connectivity index (χ3v) is 3.48. The van der Waals surface area contributed by atoms with Crippen molar-refractivity contribution in [1.29, 1.82) is 0 Å². The second-order valence-electron chi connectivity index (χ2n) is 5.35. The molecule has 0 aromatic heterocycles. The van der Waals surface area contributed by atoms with E-state index in [-0.39, 0.29) is 12.8 Å². The van der Waals surface area contributed by atoms with Crippen molar-refractivity contribution in [2.45, 2.75) is 38.6 Å². The van der Waals surface area contributed by atoms with E-state index >= 15 is 0 Å². The van der Waals surface area contributed by atoms with Crippen LogP contribution in [0, 0.1) is 0 Å². The van der Waals surface area contributed by atoms with Gasteiger partial charge in [0.05, 0.1) is 5.69 Å². The first-order valence-electron chi connectivity index (χ1n) is 6.86. The van der Waals surface area contributed by atoms with Gasteiger partial charge in [0.2, 0.25) is 0 Å². The van der Waals surface area contributed by atoms with Crippen molar-refractivity contribution in [1.82, 2.24) is 5.32 Å². The summed E-state index contributed by atoms with van der Waals surface area (Å²) in [5.74, 6) is -1.03. The number of carboxylic acids is 1. The van der Waals surface area contributed by atoms with E-state index in [1.54, 1.807) is 12.1 Å². The lowest BCUT2D eigenvalue weighted by molar-refractivity contribution is -0.137. The average molecular weight is 290 g/mol. The number of carbonyl (C=O) groups excluding carboxylic acids is 2. The number of rotatable bonds is 5. The Labute approximate surface area is 122 Å². The van der Waals surface area contributed by atoms with Crippen LogP contribution in [-0.2, 0) is 9.59 Å². The van der Waals surface area contributed by atoms with Crippen molar-refractivity contribution in [2.75, 3.05) is 4.90 Å². The molecule has 0 aliphatic carbocycles. The molecule has 2 rings (SSSR count). The van der Waals surface area contributed by atoms with Gasteiger partial charge in [-0.05, 0) is 30.0 Å². The molecular weight excluding hydrogens is 272 g/mol. The Balaban J connectivity index is 2.14. The van der Waals surface area contributed by atoms with Crippen LogP contribution in [0.15, 0.2) is 24.3 Å². The van der Waals surface area contributed by atoms with E-state index in [9.17, 15) is 14.4 Å². The number of hydrogen-bond acceptors (Lipinski definition) is 3. The summed E-state index contributed by atoms with van der Waals surface area (Å²) in [6, 6.07) is 5.95. The summed E-state index contributed by atoms with van der Waals surface area (Å²) in [7, 11) is 0. The van der Waals surface area contributed by atoms with Gasteiger partial charge in [-0.1, -0.05) is 26.0 Å². The number of nitrogens with zero attached hydrogens (tertiary/aromatic N) is 1. The highest BCUT2D eigenvalue weighted by atomic mass is 16.4. The number of carboxylic acid groups (broad SMARTS) is 1. The zero-order valence-electron chi connectivity index (χ0n) is 12.0. The van der Waals surface area contributed by atoms with Crippen LogP contribution in [0.3, 0.4) is 0 Å². The van der Waals surface area contributed by atoms with Crippen molar-refractivity contribution >= 4 is 23.6 Å². The standard InChI is InChI=1S/C15H18N2O4/c1-9(2)10-3-5-11(6-4-10)17-14(20)12(16-15(17)21)7-8-13(18)19/h3-6,9,12H,7-8H2,1-2H3,(H,16,21)(H,18,19). The van der Waals surface area contributed by atoms with E-state index in [1.165, 1.54) is 0 Å². The molecule has 1 aromatic rings. The van der Waals surface area contributed by atoms with Gasteiger partial charge in [0, 0.05) is 6.42 Å². The van der Waals surface area contributed by atoms with Crippen LogP contribution in [0.4, 0.5) is 10.5 Å². The van der Waals surface area contributed by atoms with Gasteiger partial charge < -0.3 is 10.4 Å². The van der Waals surface area contributed by atoms with E-state index in [2.05, 4.69) is 19.2 Å². The lowest BCUT2D eigenvalue weighted by Crippen LogP contribution is -2.31. The average Bonchev–Trinajstić information content (AvgIpc) is 2.71. The third-order valence-electron chi connectivity index (χ3n) is 3.48. The quantitative estimate of drug-likeness (QED) is 0.813. The molecule has 1 aliphatic heterocycles. The first-order valence-corrected chi connectivity index (χ1v) is 6.86. The smallest absolute Gasteiger partial charge is 0.329 e. The highest BCUT2D eigenvalue weighted by Crippen LogP contribution is 2.24. The predicted octanol–water partition coefficient (Wildman–Crippen LogP) is 2.10. The van der Waals surface area contributed by atoms with Crippen LogP contribution in [0.5, 0.6) is 0 Å². The summed E-state index contributed by atoms with van der Waals surface area (Å²) in [5, 5.41) is 11.2. The van der Waals surface area contributed by atoms with Gasteiger partial charge >= 0.3 is 12.0 Å². The SMILES string of the molecule is CC(C)c1ccc(N2C(=O)NC(CCC(=O)O)C2=O)cc1. The monoisotopic (exact) mass is 290 g/mol. The van der Waals surface area contributed by atoms with Crippen LogP contribution in [0.25, 0.3) is 0 Å². The maximum atomic E-state index is 12.2. The first kappa shape index (κ1) is 15.0. The zero-order valence-corrected chi connectivity index (χ0v) is 12.0. The molecule has 2 N–H and O–H groups in total. The molecule has 6 nitrogen and oxygen atoms in total. The number of benzene rings is 1. The summed E-state index contributed by atoms with van der Waals surface area (Å²) in [6.07, 6.45) is -0.0582. The van der Waals surface area contributed by atoms with E-state index in [1.807, 2.05) is 12.1 Å². The molecule has 1 atom stereocenters. The van der Waals surface area contributed by atoms with Crippen molar-refractivity contribution in [3.05, 3.63) is 29.8 Å². The van der Waals surface area contributed by atoms with Gasteiger partial charge in [-0.3, -0.25) is 9.59 Å². The molecule has 1 saturated heterocycles. The molecular formula is C15H18N2O4. The van der Waals surface area contributed by atoms with Crippen LogP contribution < -0.4 is 10.2 Å². The molecule has 0 radical (unpaired) electrons. The van der Waals surface area contributed by atoms with Crippen molar-refractivity contribution in [2.24, 2.45) is 0 Å². The predicted molar refractivity (Wildman–Crippen MR) is 77.2 cm³/mol. The van der Waals surface area contributed by atoms with Crippen molar-refractivity contribution in [3.8, 4) is 0 Å². The Morgan fingerprint density at radius 1 is 1.29 bits per heavy atom. The number of urea groups is 1. The molecule has 0 bridgehead atoms. The molecule has 6 heteroatoms. The molecule has 112 valence electrons. The Bertz CT molecular complexity index is 566. The number of aliphatic carboxylic acids is 1. The van der Waals surface area contributed by atoms with Crippen LogP contribution in [0.1, 0.15) is 38.2 Å². The fraction of sp³-hybridized carbons (Fsp3) is 0.400. The highest BCUT2D eigenvalue weighted by molar-refractivity contribution is 6.21. The minimum absolute atomic E-state index is 0.0977. The van der Waals surface area contributed by atoms with Gasteiger partial charge in [-0.15, -0.1) is 0 Å². The molecule has 1 unspecified atom stereocenters.